The third kappa shape index (κ3) is 4.94. The molecule has 0 radical (unpaired) electrons. The first-order chi connectivity index (χ1) is 13.4. The van der Waals surface area contributed by atoms with Gasteiger partial charge in [0.05, 0.1) is 34.5 Å². The fourth-order valence-corrected chi connectivity index (χ4v) is 2.65. The zero-order chi connectivity index (χ0) is 20.7. The average Bonchev–Trinajstić information content (AvgIpc) is 2.71. The molecule has 2 rings (SSSR count). The smallest absolute Gasteiger partial charge is 0.244 e. The molecule has 0 saturated heterocycles. The molecule has 7 heteroatoms. The van der Waals surface area contributed by atoms with Crippen LogP contribution in [0.25, 0.3) is 6.08 Å². The number of methoxy groups -OCH3 is 4. The van der Waals surface area contributed by atoms with Gasteiger partial charge in [-0.2, -0.15) is 0 Å². The maximum Gasteiger partial charge on any atom is 0.244 e. The van der Waals surface area contributed by atoms with Crippen LogP contribution in [0.15, 0.2) is 36.4 Å². The molecule has 0 aromatic heterocycles. The van der Waals surface area contributed by atoms with Crippen molar-refractivity contribution in [2.24, 2.45) is 0 Å². The lowest BCUT2D eigenvalue weighted by Crippen LogP contribution is -2.24. The third-order valence-corrected chi connectivity index (χ3v) is 4.18. The van der Waals surface area contributed by atoms with Gasteiger partial charge in [-0.25, -0.2) is 4.39 Å². The minimum absolute atomic E-state index is 0.155. The third-order valence-electron chi connectivity index (χ3n) is 4.18. The van der Waals surface area contributed by atoms with E-state index in [1.165, 1.54) is 46.6 Å². The summed E-state index contributed by atoms with van der Waals surface area (Å²) in [6.07, 6.45) is 2.98. The maximum atomic E-state index is 13.8. The van der Waals surface area contributed by atoms with Gasteiger partial charge in [0, 0.05) is 17.7 Å². The number of rotatable bonds is 8. The van der Waals surface area contributed by atoms with Crippen LogP contribution in [-0.2, 0) is 4.79 Å². The van der Waals surface area contributed by atoms with E-state index < -0.39 is 5.82 Å². The van der Waals surface area contributed by atoms with E-state index in [1.54, 1.807) is 31.2 Å². The molecular formula is C21H24FNO5. The van der Waals surface area contributed by atoms with Crippen molar-refractivity contribution in [2.45, 2.75) is 13.0 Å². The highest BCUT2D eigenvalue weighted by atomic mass is 19.1. The number of amides is 1. The van der Waals surface area contributed by atoms with E-state index in [9.17, 15) is 9.18 Å². The Morgan fingerprint density at radius 2 is 1.54 bits per heavy atom. The summed E-state index contributed by atoms with van der Waals surface area (Å²) in [5.41, 5.74) is 1.28. The van der Waals surface area contributed by atoms with E-state index in [0.29, 0.717) is 28.4 Å². The molecule has 0 saturated carbocycles. The van der Waals surface area contributed by atoms with E-state index >= 15 is 0 Å². The van der Waals surface area contributed by atoms with Crippen molar-refractivity contribution >= 4 is 12.0 Å². The Bertz CT molecular complexity index is 866. The van der Waals surface area contributed by atoms with Gasteiger partial charge in [0.2, 0.25) is 5.91 Å². The molecule has 1 amide bonds. The molecule has 6 nitrogen and oxygen atoms in total. The monoisotopic (exact) mass is 389 g/mol. The van der Waals surface area contributed by atoms with Crippen molar-refractivity contribution in [1.82, 2.24) is 5.32 Å². The van der Waals surface area contributed by atoms with E-state index in [4.69, 9.17) is 18.9 Å². The molecule has 1 atom stereocenters. The molecular weight excluding hydrogens is 365 g/mol. The predicted molar refractivity (Wildman–Crippen MR) is 105 cm³/mol. The first-order valence-corrected chi connectivity index (χ1v) is 8.55. The molecule has 0 bridgehead atoms. The van der Waals surface area contributed by atoms with Crippen LogP contribution in [-0.4, -0.2) is 34.3 Å². The second-order valence-corrected chi connectivity index (χ2v) is 5.91. The molecule has 0 heterocycles. The first-order valence-electron chi connectivity index (χ1n) is 8.55. The van der Waals surface area contributed by atoms with Crippen LogP contribution in [0.2, 0.25) is 0 Å². The molecule has 0 aliphatic rings. The van der Waals surface area contributed by atoms with Gasteiger partial charge < -0.3 is 24.3 Å². The van der Waals surface area contributed by atoms with Crippen LogP contribution in [0.1, 0.15) is 24.1 Å². The lowest BCUT2D eigenvalue weighted by molar-refractivity contribution is -0.117. The van der Waals surface area contributed by atoms with E-state index in [2.05, 4.69) is 5.32 Å². The van der Waals surface area contributed by atoms with Gasteiger partial charge in [0.1, 0.15) is 5.75 Å². The predicted octanol–water partition coefficient (Wildman–Crippen LogP) is 3.75. The van der Waals surface area contributed by atoms with Gasteiger partial charge in [-0.15, -0.1) is 0 Å². The lowest BCUT2D eigenvalue weighted by atomic mass is 10.1. The Hall–Kier alpha value is -3.22. The summed E-state index contributed by atoms with van der Waals surface area (Å²) in [6, 6.07) is 7.57. The molecule has 1 N–H and O–H groups in total. The van der Waals surface area contributed by atoms with Crippen molar-refractivity contribution in [3.63, 3.8) is 0 Å². The zero-order valence-corrected chi connectivity index (χ0v) is 16.5. The second kappa shape index (κ2) is 9.64. The first kappa shape index (κ1) is 21.1. The Balaban J connectivity index is 2.14. The minimum Gasteiger partial charge on any atom is -0.496 e. The highest BCUT2D eigenvalue weighted by Gasteiger charge is 2.13. The van der Waals surface area contributed by atoms with Crippen LogP contribution >= 0.6 is 0 Å². The Labute approximate surface area is 163 Å². The molecule has 2 aromatic carbocycles. The van der Waals surface area contributed by atoms with E-state index in [1.807, 2.05) is 0 Å². The summed E-state index contributed by atoms with van der Waals surface area (Å²) >= 11 is 0. The minimum atomic E-state index is -0.480. The Kier molecular flexibility index (Phi) is 7.26. The van der Waals surface area contributed by atoms with Crippen molar-refractivity contribution in [2.75, 3.05) is 28.4 Å². The van der Waals surface area contributed by atoms with Crippen LogP contribution in [0.4, 0.5) is 4.39 Å². The summed E-state index contributed by atoms with van der Waals surface area (Å²) < 4.78 is 34.6. The van der Waals surface area contributed by atoms with Gasteiger partial charge in [-0.05, 0) is 36.8 Å². The molecule has 150 valence electrons. The summed E-state index contributed by atoms with van der Waals surface area (Å²) in [5.74, 6) is 0.920. The van der Waals surface area contributed by atoms with Crippen LogP contribution in [0.3, 0.4) is 0 Å². The van der Waals surface area contributed by atoms with Crippen LogP contribution < -0.4 is 24.3 Å². The van der Waals surface area contributed by atoms with Crippen molar-refractivity contribution in [1.29, 1.82) is 0 Å². The van der Waals surface area contributed by atoms with Crippen molar-refractivity contribution < 1.29 is 28.1 Å². The number of carbonyl (C=O) groups excluding carboxylic acids is 1. The summed E-state index contributed by atoms with van der Waals surface area (Å²) in [7, 11) is 5.99. The van der Waals surface area contributed by atoms with Crippen molar-refractivity contribution in [3.05, 3.63) is 53.4 Å². The Morgan fingerprint density at radius 3 is 2.11 bits per heavy atom. The number of hydrogen-bond donors (Lipinski definition) is 1. The van der Waals surface area contributed by atoms with Crippen LogP contribution in [0, 0.1) is 5.82 Å². The molecule has 2 aromatic rings. The molecule has 0 unspecified atom stereocenters. The molecule has 0 aliphatic carbocycles. The highest BCUT2D eigenvalue weighted by Crippen LogP contribution is 2.35. The summed E-state index contributed by atoms with van der Waals surface area (Å²) in [5, 5.41) is 2.79. The van der Waals surface area contributed by atoms with Gasteiger partial charge in [0.25, 0.3) is 0 Å². The quantitative estimate of drug-likeness (QED) is 0.697. The molecule has 0 spiro atoms. The van der Waals surface area contributed by atoms with Gasteiger partial charge >= 0.3 is 0 Å². The van der Waals surface area contributed by atoms with Gasteiger partial charge in [0.15, 0.2) is 23.1 Å². The summed E-state index contributed by atoms with van der Waals surface area (Å²) in [6.45, 7) is 1.77. The maximum absolute atomic E-state index is 13.8. The number of carbonyl (C=O) groups is 1. The topological polar surface area (TPSA) is 66.0 Å². The number of halogens is 1. The largest absolute Gasteiger partial charge is 0.496 e. The van der Waals surface area contributed by atoms with E-state index in [-0.39, 0.29) is 17.7 Å². The fourth-order valence-electron chi connectivity index (χ4n) is 2.65. The Morgan fingerprint density at radius 1 is 0.929 bits per heavy atom. The van der Waals surface area contributed by atoms with Crippen molar-refractivity contribution in [3.8, 4) is 23.0 Å². The fraction of sp³-hybridized carbons (Fsp3) is 0.286. The molecule has 0 fully saturated rings. The zero-order valence-electron chi connectivity index (χ0n) is 16.5. The van der Waals surface area contributed by atoms with E-state index in [0.717, 1.165) is 0 Å². The average molecular weight is 389 g/mol. The number of ether oxygens (including phenoxy) is 4. The van der Waals surface area contributed by atoms with Crippen LogP contribution in [0.5, 0.6) is 23.0 Å². The van der Waals surface area contributed by atoms with Gasteiger partial charge in [-0.1, -0.05) is 6.07 Å². The lowest BCUT2D eigenvalue weighted by Gasteiger charge is -2.14. The standard InChI is InChI=1S/C21H24FNO5/c1-13(14-6-8-17(25-2)16(22)10-14)23-21(24)9-7-15-11-19(27-4)20(28-5)12-18(15)26-3/h6-13H,1-5H3,(H,23,24)/b9-7+/t13-/m0/s1. The SMILES string of the molecule is COc1ccc([C@H](C)NC(=O)/C=C/c2cc(OC)c(OC)cc2OC)cc1F. The summed E-state index contributed by atoms with van der Waals surface area (Å²) in [4.78, 5) is 12.3. The number of benzene rings is 2. The molecule has 0 aliphatic heterocycles. The molecule has 28 heavy (non-hydrogen) atoms. The normalized spacial score (nSPS) is 11.8. The number of hydrogen-bond acceptors (Lipinski definition) is 5. The second-order valence-electron chi connectivity index (χ2n) is 5.91. The highest BCUT2D eigenvalue weighted by molar-refractivity contribution is 5.92. The van der Waals surface area contributed by atoms with Gasteiger partial charge in [-0.3, -0.25) is 4.79 Å². The number of nitrogens with one attached hydrogen (secondary N) is 1.